The summed E-state index contributed by atoms with van der Waals surface area (Å²) in [7, 11) is -3.49. The van der Waals surface area contributed by atoms with Crippen LogP contribution in [0.25, 0.3) is 0 Å². The van der Waals surface area contributed by atoms with Gasteiger partial charge >= 0.3 is 0 Å². The molecule has 0 unspecified atom stereocenters. The number of nitrogens with one attached hydrogen (secondary N) is 2. The van der Waals surface area contributed by atoms with Crippen molar-refractivity contribution in [2.45, 2.75) is 18.1 Å². The zero-order valence-electron chi connectivity index (χ0n) is 10.2. The molecule has 0 atom stereocenters. The highest BCUT2D eigenvalue weighted by Crippen LogP contribution is 2.21. The Balaban J connectivity index is 2.15. The molecule has 19 heavy (non-hydrogen) atoms. The molecule has 1 aliphatic heterocycles. The summed E-state index contributed by atoms with van der Waals surface area (Å²) in [5, 5.41) is 13.3. The van der Waals surface area contributed by atoms with Crippen LogP contribution in [0.4, 0.5) is 11.4 Å². The number of hydrogen-bond donors (Lipinski definition) is 2. The Bertz CT molecular complexity index is 567. The summed E-state index contributed by atoms with van der Waals surface area (Å²) in [6.45, 7) is 1.33. The molecule has 0 spiro atoms. The maximum Gasteiger partial charge on any atom is 0.271 e. The van der Waals surface area contributed by atoms with E-state index in [9.17, 15) is 18.5 Å². The largest absolute Gasteiger partial charge is 0.317 e. The molecule has 8 heteroatoms. The second-order valence-electron chi connectivity index (χ2n) is 4.40. The molecule has 7 nitrogen and oxygen atoms in total. The Kier molecular flexibility index (Phi) is 4.01. The fraction of sp³-hybridized carbons (Fsp3) is 0.455. The maximum atomic E-state index is 12.1. The van der Waals surface area contributed by atoms with E-state index in [0.29, 0.717) is 25.9 Å². The van der Waals surface area contributed by atoms with Crippen molar-refractivity contribution >= 4 is 21.4 Å². The molecule has 2 rings (SSSR count). The number of piperidine rings is 1. The highest BCUT2D eigenvalue weighted by atomic mass is 32.2. The predicted molar refractivity (Wildman–Crippen MR) is 71.5 cm³/mol. The molecule has 1 aliphatic rings. The van der Waals surface area contributed by atoms with Gasteiger partial charge in [0.25, 0.3) is 5.69 Å². The van der Waals surface area contributed by atoms with E-state index in [1.807, 2.05) is 0 Å². The van der Waals surface area contributed by atoms with Gasteiger partial charge in [0.1, 0.15) is 0 Å². The van der Waals surface area contributed by atoms with Gasteiger partial charge in [-0.2, -0.15) is 0 Å². The van der Waals surface area contributed by atoms with E-state index in [0.717, 1.165) is 0 Å². The third-order valence-electron chi connectivity index (χ3n) is 3.04. The molecule has 0 aromatic heterocycles. The summed E-state index contributed by atoms with van der Waals surface area (Å²) >= 11 is 0. The van der Waals surface area contributed by atoms with Gasteiger partial charge in [-0.05, 0) is 32.0 Å². The minimum atomic E-state index is -3.49. The highest BCUT2D eigenvalue weighted by Gasteiger charge is 2.27. The normalized spacial score (nSPS) is 17.1. The lowest BCUT2D eigenvalue weighted by molar-refractivity contribution is -0.384. The number of sulfonamides is 1. The number of nitro benzene ring substituents is 1. The maximum absolute atomic E-state index is 12.1. The average Bonchev–Trinajstić information content (AvgIpc) is 2.39. The number of non-ortho nitro benzene ring substituents is 1. The van der Waals surface area contributed by atoms with E-state index < -0.39 is 20.2 Å². The number of anilines is 1. The molecule has 0 amide bonds. The van der Waals surface area contributed by atoms with E-state index in [4.69, 9.17) is 0 Å². The van der Waals surface area contributed by atoms with Crippen molar-refractivity contribution in [3.63, 3.8) is 0 Å². The van der Waals surface area contributed by atoms with Crippen LogP contribution < -0.4 is 10.0 Å². The molecule has 1 saturated heterocycles. The predicted octanol–water partition coefficient (Wildman–Crippen LogP) is 1.09. The van der Waals surface area contributed by atoms with Gasteiger partial charge in [-0.1, -0.05) is 6.07 Å². The molecule has 1 aromatic rings. The van der Waals surface area contributed by atoms with Gasteiger partial charge in [0.15, 0.2) is 0 Å². The van der Waals surface area contributed by atoms with Crippen LogP contribution in [0.3, 0.4) is 0 Å². The Morgan fingerprint density at radius 1 is 1.32 bits per heavy atom. The minimum Gasteiger partial charge on any atom is -0.317 e. The van der Waals surface area contributed by atoms with E-state index in [-0.39, 0.29) is 11.4 Å². The Hall–Kier alpha value is -1.67. The molecule has 0 saturated carbocycles. The number of nitro groups is 1. The number of hydrogen-bond acceptors (Lipinski definition) is 5. The summed E-state index contributed by atoms with van der Waals surface area (Å²) in [5.74, 6) is 0. The van der Waals surface area contributed by atoms with Crippen molar-refractivity contribution in [3.05, 3.63) is 34.4 Å². The highest BCUT2D eigenvalue weighted by molar-refractivity contribution is 7.93. The monoisotopic (exact) mass is 285 g/mol. The van der Waals surface area contributed by atoms with E-state index in [1.165, 1.54) is 24.3 Å². The topological polar surface area (TPSA) is 101 Å². The van der Waals surface area contributed by atoms with Crippen molar-refractivity contribution in [1.29, 1.82) is 0 Å². The van der Waals surface area contributed by atoms with Crippen LogP contribution in [-0.2, 0) is 10.0 Å². The molecule has 1 fully saturated rings. The van der Waals surface area contributed by atoms with Gasteiger partial charge in [-0.3, -0.25) is 14.8 Å². The molecule has 1 heterocycles. The Labute approximate surface area is 111 Å². The number of benzene rings is 1. The first-order chi connectivity index (χ1) is 8.99. The fourth-order valence-electron chi connectivity index (χ4n) is 2.04. The summed E-state index contributed by atoms with van der Waals surface area (Å²) in [5.41, 5.74) is 0.0956. The Morgan fingerprint density at radius 2 is 2.00 bits per heavy atom. The summed E-state index contributed by atoms with van der Waals surface area (Å²) < 4.78 is 26.7. The molecule has 1 aromatic carbocycles. The van der Waals surface area contributed by atoms with Crippen LogP contribution in [0.1, 0.15) is 12.8 Å². The fourth-order valence-corrected chi connectivity index (χ4v) is 3.51. The quantitative estimate of drug-likeness (QED) is 0.637. The Morgan fingerprint density at radius 3 is 2.63 bits per heavy atom. The number of rotatable bonds is 4. The van der Waals surface area contributed by atoms with Crippen molar-refractivity contribution in [2.24, 2.45) is 0 Å². The smallest absolute Gasteiger partial charge is 0.271 e. The molecule has 2 N–H and O–H groups in total. The van der Waals surface area contributed by atoms with Gasteiger partial charge in [0, 0.05) is 12.1 Å². The first-order valence-corrected chi connectivity index (χ1v) is 7.50. The van der Waals surface area contributed by atoms with Crippen LogP contribution in [0.2, 0.25) is 0 Å². The van der Waals surface area contributed by atoms with E-state index in [2.05, 4.69) is 10.0 Å². The molecule has 104 valence electrons. The van der Waals surface area contributed by atoms with Crippen molar-refractivity contribution in [2.75, 3.05) is 17.8 Å². The van der Waals surface area contributed by atoms with Crippen molar-refractivity contribution < 1.29 is 13.3 Å². The van der Waals surface area contributed by atoms with Gasteiger partial charge in [0.2, 0.25) is 10.0 Å². The van der Waals surface area contributed by atoms with E-state index >= 15 is 0 Å². The summed E-state index contributed by atoms with van der Waals surface area (Å²) in [6.07, 6.45) is 1.09. The zero-order chi connectivity index (χ0) is 13.9. The second kappa shape index (κ2) is 5.54. The number of nitrogens with zero attached hydrogens (tertiary/aromatic N) is 1. The lowest BCUT2D eigenvalue weighted by Crippen LogP contribution is -2.38. The van der Waals surface area contributed by atoms with Gasteiger partial charge < -0.3 is 5.32 Å². The van der Waals surface area contributed by atoms with Crippen LogP contribution in [0.15, 0.2) is 24.3 Å². The summed E-state index contributed by atoms with van der Waals surface area (Å²) in [4.78, 5) is 10.1. The van der Waals surface area contributed by atoms with Gasteiger partial charge in [-0.25, -0.2) is 8.42 Å². The van der Waals surface area contributed by atoms with Gasteiger partial charge in [0.05, 0.1) is 15.9 Å². The van der Waals surface area contributed by atoms with Crippen LogP contribution in [-0.4, -0.2) is 31.7 Å². The first kappa shape index (κ1) is 13.8. The molecule has 0 radical (unpaired) electrons. The van der Waals surface area contributed by atoms with Gasteiger partial charge in [-0.15, -0.1) is 0 Å². The van der Waals surface area contributed by atoms with Crippen LogP contribution in [0, 0.1) is 10.1 Å². The SMILES string of the molecule is O=[N+]([O-])c1cccc(NS(=O)(=O)C2CCNCC2)c1. The molecular formula is C11H15N3O4S. The third-order valence-corrected chi connectivity index (χ3v) is 4.91. The summed E-state index contributed by atoms with van der Waals surface area (Å²) in [6, 6.07) is 5.50. The standard InChI is InChI=1S/C11H15N3O4S/c15-14(16)10-3-1-2-9(8-10)13-19(17,18)11-4-6-12-7-5-11/h1-3,8,11-13H,4-7H2. The molecule has 0 aliphatic carbocycles. The average molecular weight is 285 g/mol. The molecular weight excluding hydrogens is 270 g/mol. The lowest BCUT2D eigenvalue weighted by atomic mass is 10.2. The van der Waals surface area contributed by atoms with E-state index in [1.54, 1.807) is 0 Å². The van der Waals surface area contributed by atoms with Crippen molar-refractivity contribution in [1.82, 2.24) is 5.32 Å². The minimum absolute atomic E-state index is 0.134. The second-order valence-corrected chi connectivity index (χ2v) is 6.36. The zero-order valence-corrected chi connectivity index (χ0v) is 11.0. The molecule has 0 bridgehead atoms. The third kappa shape index (κ3) is 3.42. The van der Waals surface area contributed by atoms with Crippen LogP contribution in [0.5, 0.6) is 0 Å². The van der Waals surface area contributed by atoms with Crippen molar-refractivity contribution in [3.8, 4) is 0 Å². The first-order valence-electron chi connectivity index (χ1n) is 5.96. The lowest BCUT2D eigenvalue weighted by Gasteiger charge is -2.23. The van der Waals surface area contributed by atoms with Crippen LogP contribution >= 0.6 is 0 Å².